The molecule has 0 spiro atoms. The van der Waals surface area contributed by atoms with Crippen molar-refractivity contribution in [3.63, 3.8) is 0 Å². The Bertz CT molecular complexity index is 319. The first-order valence-electron chi connectivity index (χ1n) is 9.52. The fraction of sp³-hybridized carbons (Fsp3) is 0.850. The van der Waals surface area contributed by atoms with E-state index in [2.05, 4.69) is 34.5 Å². The molecule has 0 rings (SSSR count). The van der Waals surface area contributed by atoms with Crippen LogP contribution in [0.2, 0.25) is 0 Å². The molecule has 0 N–H and O–H groups in total. The van der Waals surface area contributed by atoms with Gasteiger partial charge in [0.2, 0.25) is 0 Å². The molecule has 0 aliphatic rings. The second-order valence-corrected chi connectivity index (χ2v) is 7.56. The van der Waals surface area contributed by atoms with Gasteiger partial charge in [-0.25, -0.2) is 4.79 Å². The Labute approximate surface area is 161 Å². The molecule has 0 aliphatic carbocycles. The summed E-state index contributed by atoms with van der Waals surface area (Å²) in [7, 11) is 4.41. The molecule has 0 saturated heterocycles. The number of unbranched alkanes of at least 4 members (excludes halogenated alkanes) is 5. The van der Waals surface area contributed by atoms with Gasteiger partial charge in [0.15, 0.2) is 0 Å². The van der Waals surface area contributed by atoms with Crippen LogP contribution >= 0.6 is 0 Å². The Morgan fingerprint density at radius 1 is 1.04 bits per heavy atom. The molecule has 1 unspecified atom stereocenters. The Balaban J connectivity index is 0. The van der Waals surface area contributed by atoms with Crippen molar-refractivity contribution in [3.8, 4) is 0 Å². The minimum absolute atomic E-state index is 0. The number of hydrogen-bond donors (Lipinski definition) is 0. The molecule has 24 heavy (non-hydrogen) atoms. The van der Waals surface area contributed by atoms with Gasteiger partial charge in [-0.05, 0) is 18.8 Å². The van der Waals surface area contributed by atoms with Gasteiger partial charge in [-0.2, -0.15) is 0 Å². The average molecular weight is 406 g/mol. The zero-order valence-corrected chi connectivity index (χ0v) is 18.1. The van der Waals surface area contributed by atoms with Crippen molar-refractivity contribution < 1.29 is 31.0 Å². The minimum atomic E-state index is -0.321. The van der Waals surface area contributed by atoms with Crippen LogP contribution in [-0.2, 0) is 9.53 Å². The number of quaternary nitrogens is 1. The van der Waals surface area contributed by atoms with Crippen molar-refractivity contribution in [1.29, 1.82) is 0 Å². The zero-order chi connectivity index (χ0) is 17.6. The van der Waals surface area contributed by atoms with Gasteiger partial charge < -0.3 is 26.2 Å². The normalized spacial score (nSPS) is 12.3. The lowest BCUT2D eigenvalue weighted by Crippen LogP contribution is -3.00. The lowest BCUT2D eigenvalue weighted by molar-refractivity contribution is -0.890. The first kappa shape index (κ1) is 25.9. The highest BCUT2D eigenvalue weighted by Gasteiger charge is 2.15. The van der Waals surface area contributed by atoms with Crippen molar-refractivity contribution in [3.05, 3.63) is 12.7 Å². The van der Waals surface area contributed by atoms with Crippen LogP contribution in [0.4, 0.5) is 0 Å². The number of nitrogens with zero attached hydrogens (tertiary/aromatic N) is 1. The van der Waals surface area contributed by atoms with E-state index in [9.17, 15) is 4.79 Å². The molecule has 0 bridgehead atoms. The van der Waals surface area contributed by atoms with E-state index in [1.807, 2.05) is 0 Å². The zero-order valence-electron chi connectivity index (χ0n) is 16.5. The highest BCUT2D eigenvalue weighted by Crippen LogP contribution is 2.17. The maximum absolute atomic E-state index is 11.0. The Hall–Kier alpha value is -0.350. The van der Waals surface area contributed by atoms with Crippen LogP contribution in [0, 0.1) is 5.92 Å². The molecule has 3 nitrogen and oxygen atoms in total. The van der Waals surface area contributed by atoms with E-state index in [0.29, 0.717) is 6.61 Å². The van der Waals surface area contributed by atoms with Crippen LogP contribution in [0.3, 0.4) is 0 Å². The third-order valence-electron chi connectivity index (χ3n) is 4.62. The molecule has 144 valence electrons. The van der Waals surface area contributed by atoms with Crippen molar-refractivity contribution in [2.75, 3.05) is 33.8 Å². The van der Waals surface area contributed by atoms with E-state index in [1.165, 1.54) is 63.9 Å². The number of ether oxygens (including phenoxy) is 1. The number of carbonyl (C=O) groups is 1. The molecule has 0 radical (unpaired) electrons. The molecule has 0 aliphatic heterocycles. The van der Waals surface area contributed by atoms with Gasteiger partial charge in [0.1, 0.15) is 13.2 Å². The minimum Gasteiger partial charge on any atom is -1.00 e. The maximum Gasteiger partial charge on any atom is 0.330 e. The van der Waals surface area contributed by atoms with Gasteiger partial charge in [0.25, 0.3) is 0 Å². The third-order valence-corrected chi connectivity index (χ3v) is 4.62. The van der Waals surface area contributed by atoms with Gasteiger partial charge in [0.05, 0.1) is 20.6 Å². The van der Waals surface area contributed by atoms with E-state index in [0.717, 1.165) is 23.5 Å². The second kappa shape index (κ2) is 16.1. The fourth-order valence-electron chi connectivity index (χ4n) is 2.84. The van der Waals surface area contributed by atoms with Gasteiger partial charge in [-0.15, -0.1) is 0 Å². The SMILES string of the molecule is C=CC(=O)OCC[N+](C)(C)CCCCCC(C)CCCCCC.[Br-]. The molecular formula is C20H40BrNO2. The predicted molar refractivity (Wildman–Crippen MR) is 99.4 cm³/mol. The molecule has 0 aromatic rings. The van der Waals surface area contributed by atoms with Gasteiger partial charge in [-0.1, -0.05) is 65.4 Å². The summed E-state index contributed by atoms with van der Waals surface area (Å²) >= 11 is 0. The molecule has 0 aromatic heterocycles. The predicted octanol–water partition coefficient (Wildman–Crippen LogP) is 1.96. The summed E-state index contributed by atoms with van der Waals surface area (Å²) in [6.07, 6.45) is 13.4. The molecule has 0 amide bonds. The molecule has 0 saturated carbocycles. The first-order chi connectivity index (χ1) is 10.9. The monoisotopic (exact) mass is 405 g/mol. The molecular weight excluding hydrogens is 366 g/mol. The number of hydrogen-bond acceptors (Lipinski definition) is 2. The van der Waals surface area contributed by atoms with Crippen molar-refractivity contribution in [1.82, 2.24) is 0 Å². The number of rotatable bonds is 15. The largest absolute Gasteiger partial charge is 1.00 e. The Morgan fingerprint density at radius 3 is 2.17 bits per heavy atom. The number of carbonyl (C=O) groups excluding carboxylic acids is 1. The van der Waals surface area contributed by atoms with E-state index < -0.39 is 0 Å². The first-order valence-corrected chi connectivity index (χ1v) is 9.52. The van der Waals surface area contributed by atoms with Crippen LogP contribution in [0.1, 0.15) is 71.6 Å². The van der Waals surface area contributed by atoms with Gasteiger partial charge >= 0.3 is 5.97 Å². The van der Waals surface area contributed by atoms with E-state index in [1.54, 1.807) is 0 Å². The summed E-state index contributed by atoms with van der Waals surface area (Å²) < 4.78 is 5.98. The van der Waals surface area contributed by atoms with Crippen LogP contribution in [-0.4, -0.2) is 44.2 Å². The van der Waals surface area contributed by atoms with Gasteiger partial charge in [0, 0.05) is 6.08 Å². The smallest absolute Gasteiger partial charge is 0.330 e. The third kappa shape index (κ3) is 16.5. The van der Waals surface area contributed by atoms with E-state index in [4.69, 9.17) is 4.74 Å². The quantitative estimate of drug-likeness (QED) is 0.180. The Kier molecular flexibility index (Phi) is 17.4. The average Bonchev–Trinajstić information content (AvgIpc) is 2.50. The van der Waals surface area contributed by atoms with Crippen molar-refractivity contribution >= 4 is 5.97 Å². The topological polar surface area (TPSA) is 26.3 Å². The molecule has 0 fully saturated rings. The van der Waals surface area contributed by atoms with Crippen LogP contribution in [0.25, 0.3) is 0 Å². The van der Waals surface area contributed by atoms with E-state index in [-0.39, 0.29) is 23.0 Å². The highest BCUT2D eigenvalue weighted by atomic mass is 79.9. The molecule has 4 heteroatoms. The van der Waals surface area contributed by atoms with E-state index >= 15 is 0 Å². The highest BCUT2D eigenvalue weighted by molar-refractivity contribution is 5.81. The van der Waals surface area contributed by atoms with Gasteiger partial charge in [-0.3, -0.25) is 0 Å². The standard InChI is InChI=1S/C20H40NO2.BrH/c1-6-8-9-11-14-19(3)15-12-10-13-16-21(4,5)17-18-23-20(22)7-2;/h7,19H,2,6,8-18H2,1,3-5H3;1H/q+1;/p-1. The van der Waals surface area contributed by atoms with Crippen molar-refractivity contribution in [2.24, 2.45) is 5.92 Å². The summed E-state index contributed by atoms with van der Waals surface area (Å²) in [6.45, 7) is 10.6. The number of esters is 1. The number of halogens is 1. The fourth-order valence-corrected chi connectivity index (χ4v) is 2.84. The van der Waals surface area contributed by atoms with Crippen molar-refractivity contribution in [2.45, 2.75) is 71.6 Å². The summed E-state index contributed by atoms with van der Waals surface area (Å²) in [5, 5.41) is 0. The summed E-state index contributed by atoms with van der Waals surface area (Å²) in [5.74, 6) is 0.561. The summed E-state index contributed by atoms with van der Waals surface area (Å²) in [6, 6.07) is 0. The summed E-state index contributed by atoms with van der Waals surface area (Å²) in [4.78, 5) is 11.0. The molecule has 0 heterocycles. The molecule has 1 atom stereocenters. The molecule has 0 aromatic carbocycles. The summed E-state index contributed by atoms with van der Waals surface area (Å²) in [5.41, 5.74) is 0. The Morgan fingerprint density at radius 2 is 1.62 bits per heavy atom. The second-order valence-electron chi connectivity index (χ2n) is 7.56. The lowest BCUT2D eigenvalue weighted by atomic mass is 9.96. The van der Waals surface area contributed by atoms with Crippen LogP contribution < -0.4 is 17.0 Å². The number of likely N-dealkylation sites (N-methyl/N-ethyl adjacent to an activating group) is 1. The van der Waals surface area contributed by atoms with Crippen LogP contribution in [0.15, 0.2) is 12.7 Å². The lowest BCUT2D eigenvalue weighted by Gasteiger charge is -2.29. The van der Waals surface area contributed by atoms with Crippen LogP contribution in [0.5, 0.6) is 0 Å². The maximum atomic E-state index is 11.0.